The Bertz CT molecular complexity index is 1560. The van der Waals surface area contributed by atoms with E-state index in [2.05, 4.69) is 4.98 Å². The lowest BCUT2D eigenvalue weighted by Gasteiger charge is -2.17. The number of Topliss-reactive ketones (excluding diaryl/α,β-unsaturated/α-hetero) is 1. The molecule has 0 aliphatic carbocycles. The molecule has 35 heavy (non-hydrogen) atoms. The lowest BCUT2D eigenvalue weighted by atomic mass is 10.1. The molecule has 7 heteroatoms. The summed E-state index contributed by atoms with van der Waals surface area (Å²) >= 11 is 0. The summed E-state index contributed by atoms with van der Waals surface area (Å²) in [6.07, 6.45) is 0. The van der Waals surface area contributed by atoms with Crippen LogP contribution >= 0.6 is 0 Å². The van der Waals surface area contributed by atoms with E-state index in [-0.39, 0.29) is 22.5 Å². The van der Waals surface area contributed by atoms with Gasteiger partial charge in [-0.05, 0) is 62.2 Å². The topological polar surface area (TPSA) is 96.5 Å². The van der Waals surface area contributed by atoms with Crippen LogP contribution in [0.1, 0.15) is 58.3 Å². The molecule has 1 aliphatic heterocycles. The molecule has 0 saturated heterocycles. The highest BCUT2D eigenvalue weighted by Gasteiger charge is 2.38. The number of H-pyrrole nitrogens is 1. The van der Waals surface area contributed by atoms with Crippen LogP contribution in [-0.2, 0) is 4.74 Å². The average Bonchev–Trinajstić information content (AvgIpc) is 3.31. The highest BCUT2D eigenvalue weighted by atomic mass is 16.5. The summed E-state index contributed by atoms with van der Waals surface area (Å²) < 4.78 is 5.27. The molecule has 5 rings (SSSR count). The minimum absolute atomic E-state index is 0.0937. The predicted molar refractivity (Wildman–Crippen MR) is 131 cm³/mol. The Morgan fingerprint density at radius 3 is 2.43 bits per heavy atom. The van der Waals surface area contributed by atoms with Gasteiger partial charge >= 0.3 is 5.97 Å². The fraction of sp³-hybridized carbons (Fsp3) is 0.143. The number of hydrogen-bond acceptors (Lipinski definition) is 5. The van der Waals surface area contributed by atoms with Gasteiger partial charge in [-0.1, -0.05) is 30.3 Å². The van der Waals surface area contributed by atoms with E-state index < -0.39 is 24.4 Å². The molecule has 1 aromatic heterocycles. The molecule has 0 unspecified atom stereocenters. The fourth-order valence-corrected chi connectivity index (χ4v) is 4.47. The second kappa shape index (κ2) is 8.36. The van der Waals surface area contributed by atoms with E-state index in [0.717, 1.165) is 26.9 Å². The smallest absolute Gasteiger partial charge is 0.338 e. The number of esters is 1. The first-order valence-electron chi connectivity index (χ1n) is 11.1. The van der Waals surface area contributed by atoms with Crippen LogP contribution in [0, 0.1) is 20.8 Å². The number of aromatic nitrogens is 1. The predicted octanol–water partition coefficient (Wildman–Crippen LogP) is 4.93. The van der Waals surface area contributed by atoms with Crippen LogP contribution in [-0.4, -0.2) is 35.2 Å². The van der Waals surface area contributed by atoms with Crippen molar-refractivity contribution in [3.8, 4) is 0 Å². The van der Waals surface area contributed by atoms with Crippen molar-refractivity contribution >= 4 is 40.2 Å². The van der Waals surface area contributed by atoms with Gasteiger partial charge in [0, 0.05) is 22.2 Å². The van der Waals surface area contributed by atoms with Crippen molar-refractivity contribution in [3.63, 3.8) is 0 Å². The first-order chi connectivity index (χ1) is 16.8. The van der Waals surface area contributed by atoms with Crippen LogP contribution in [0.25, 0.3) is 10.9 Å². The van der Waals surface area contributed by atoms with Crippen molar-refractivity contribution in [1.29, 1.82) is 0 Å². The van der Waals surface area contributed by atoms with Gasteiger partial charge in [-0.15, -0.1) is 0 Å². The Labute approximate surface area is 201 Å². The lowest BCUT2D eigenvalue weighted by Crippen LogP contribution is -2.30. The van der Waals surface area contributed by atoms with Crippen molar-refractivity contribution in [2.45, 2.75) is 20.8 Å². The molecule has 2 amide bonds. The summed E-state index contributed by atoms with van der Waals surface area (Å²) in [5.74, 6) is -2.02. The van der Waals surface area contributed by atoms with Crippen LogP contribution in [0.2, 0.25) is 0 Å². The van der Waals surface area contributed by atoms with Crippen LogP contribution in [0.5, 0.6) is 0 Å². The van der Waals surface area contributed by atoms with Crippen LogP contribution in [0.15, 0.2) is 60.7 Å². The van der Waals surface area contributed by atoms with Crippen LogP contribution in [0.4, 0.5) is 5.69 Å². The Morgan fingerprint density at radius 2 is 1.63 bits per heavy atom. The molecule has 0 fully saturated rings. The summed E-state index contributed by atoms with van der Waals surface area (Å²) in [4.78, 5) is 55.9. The molecular weight excluding hydrogens is 444 g/mol. The number of aryl methyl sites for hydroxylation is 3. The normalized spacial score (nSPS) is 12.8. The second-order valence-corrected chi connectivity index (χ2v) is 8.67. The summed E-state index contributed by atoms with van der Waals surface area (Å²) in [5, 5.41) is 0.763. The van der Waals surface area contributed by atoms with Gasteiger partial charge in [0.25, 0.3) is 11.8 Å². The van der Waals surface area contributed by atoms with Gasteiger partial charge in [0.05, 0.1) is 22.4 Å². The maximum Gasteiger partial charge on any atom is 0.338 e. The molecule has 0 atom stereocenters. The SMILES string of the molecule is Cc1ccc(C)c(N2C(=O)c3ccc(C(=O)OCC(=O)c4c(C)[nH]c5ccccc45)cc3C2=O)c1. The van der Waals surface area contributed by atoms with Gasteiger partial charge in [0.2, 0.25) is 5.78 Å². The minimum atomic E-state index is -0.746. The van der Waals surface area contributed by atoms with E-state index >= 15 is 0 Å². The molecule has 0 saturated carbocycles. The zero-order chi connectivity index (χ0) is 24.9. The third-order valence-electron chi connectivity index (χ3n) is 6.23. The first kappa shape index (κ1) is 22.3. The second-order valence-electron chi connectivity index (χ2n) is 8.67. The molecule has 7 nitrogen and oxygen atoms in total. The number of ketones is 1. The largest absolute Gasteiger partial charge is 0.454 e. The summed E-state index contributed by atoms with van der Waals surface area (Å²) in [7, 11) is 0. The van der Waals surface area contributed by atoms with Gasteiger partial charge < -0.3 is 9.72 Å². The van der Waals surface area contributed by atoms with Gasteiger partial charge in [0.1, 0.15) is 0 Å². The molecule has 4 aromatic rings. The van der Waals surface area contributed by atoms with Gasteiger partial charge in [-0.2, -0.15) is 0 Å². The number of imide groups is 1. The van der Waals surface area contributed by atoms with E-state index in [1.54, 1.807) is 13.0 Å². The maximum absolute atomic E-state index is 13.1. The zero-order valence-corrected chi connectivity index (χ0v) is 19.5. The number of nitrogens with zero attached hydrogens (tertiary/aromatic N) is 1. The number of rotatable bonds is 5. The molecule has 0 bridgehead atoms. The number of hydrogen-bond donors (Lipinski definition) is 1. The third kappa shape index (κ3) is 3.71. The number of benzene rings is 3. The Kier molecular flexibility index (Phi) is 5.32. The molecule has 0 radical (unpaired) electrons. The van der Waals surface area contributed by atoms with Crippen molar-refractivity contribution in [3.05, 3.63) is 99.7 Å². The number of ether oxygens (including phenoxy) is 1. The van der Waals surface area contributed by atoms with Crippen LogP contribution in [0.3, 0.4) is 0 Å². The maximum atomic E-state index is 13.1. The molecule has 1 N–H and O–H groups in total. The first-order valence-corrected chi connectivity index (χ1v) is 11.1. The van der Waals surface area contributed by atoms with E-state index in [4.69, 9.17) is 4.74 Å². The molecule has 0 spiro atoms. The van der Waals surface area contributed by atoms with E-state index in [1.807, 2.05) is 50.2 Å². The molecule has 3 aromatic carbocycles. The zero-order valence-electron chi connectivity index (χ0n) is 19.5. The Morgan fingerprint density at radius 1 is 0.886 bits per heavy atom. The molecule has 1 aliphatic rings. The van der Waals surface area contributed by atoms with Gasteiger partial charge in [-0.3, -0.25) is 14.4 Å². The van der Waals surface area contributed by atoms with E-state index in [1.165, 1.54) is 18.2 Å². The molecule has 2 heterocycles. The highest BCUT2D eigenvalue weighted by Crippen LogP contribution is 2.32. The molecule has 174 valence electrons. The summed E-state index contributed by atoms with van der Waals surface area (Å²) in [6, 6.07) is 17.2. The quantitative estimate of drug-likeness (QED) is 0.255. The standard InChI is InChI=1S/C28H22N2O5/c1-15-8-9-16(2)23(12-15)30-26(32)19-11-10-18(13-21(19)27(30)33)28(34)35-14-24(31)25-17(3)29-22-7-5-4-6-20(22)25/h4-13,29H,14H2,1-3H3. The van der Waals surface area contributed by atoms with E-state index in [9.17, 15) is 19.2 Å². The van der Waals surface area contributed by atoms with Gasteiger partial charge in [-0.25, -0.2) is 9.69 Å². The fourth-order valence-electron chi connectivity index (χ4n) is 4.47. The van der Waals surface area contributed by atoms with E-state index in [0.29, 0.717) is 16.9 Å². The number of para-hydroxylation sites is 1. The lowest BCUT2D eigenvalue weighted by molar-refractivity contribution is 0.0475. The van der Waals surface area contributed by atoms with Gasteiger partial charge in [0.15, 0.2) is 6.61 Å². The number of nitrogens with one attached hydrogen (secondary N) is 1. The summed E-state index contributed by atoms with van der Waals surface area (Å²) in [5.41, 5.74) is 4.67. The third-order valence-corrected chi connectivity index (χ3v) is 6.23. The van der Waals surface area contributed by atoms with Crippen molar-refractivity contribution in [2.24, 2.45) is 0 Å². The van der Waals surface area contributed by atoms with Crippen molar-refractivity contribution in [2.75, 3.05) is 11.5 Å². The number of carbonyl (C=O) groups is 4. The van der Waals surface area contributed by atoms with Crippen molar-refractivity contribution < 1.29 is 23.9 Å². The Balaban J connectivity index is 1.36. The number of aromatic amines is 1. The number of carbonyl (C=O) groups excluding carboxylic acids is 4. The number of anilines is 1. The van der Waals surface area contributed by atoms with Crippen molar-refractivity contribution in [1.82, 2.24) is 4.98 Å². The molecular formula is C28H22N2O5. The highest BCUT2D eigenvalue weighted by molar-refractivity contribution is 6.35. The minimum Gasteiger partial charge on any atom is -0.454 e. The Hall–Kier alpha value is -4.52. The number of amides is 2. The monoisotopic (exact) mass is 466 g/mol. The summed E-state index contributed by atoms with van der Waals surface area (Å²) in [6.45, 7) is 5.06. The average molecular weight is 466 g/mol. The number of fused-ring (bicyclic) bond motifs is 2. The van der Waals surface area contributed by atoms with Crippen LogP contribution < -0.4 is 4.90 Å².